The van der Waals surface area contributed by atoms with Crippen LogP contribution in [0.25, 0.3) is 0 Å². The van der Waals surface area contributed by atoms with E-state index < -0.39 is 39.2 Å². The summed E-state index contributed by atoms with van der Waals surface area (Å²) in [6.45, 7) is 4.65. The monoisotopic (exact) mass is 628 g/mol. The molecule has 2 amide bonds. The van der Waals surface area contributed by atoms with E-state index in [0.717, 1.165) is 16.1 Å². The number of aliphatic hydroxyl groups is 1. The average molecular weight is 629 g/mol. The summed E-state index contributed by atoms with van der Waals surface area (Å²) in [5.74, 6) is 1.81. The van der Waals surface area contributed by atoms with Gasteiger partial charge < -0.3 is 19.9 Å². The SMILES string of the molecule is C#CCCC(=O)N(NC(=O)CNCCOC)[C@@H](Cc1ccccc1)[C@H](O)CNC(C(C)C)S(=O)(=O)c1ccc2c(c1)CCO2. The average Bonchev–Trinajstić information content (AvgIpc) is 3.48. The molecule has 0 fully saturated rings. The van der Waals surface area contributed by atoms with Crippen LogP contribution in [0, 0.1) is 18.3 Å². The Morgan fingerprint density at radius 1 is 1.18 bits per heavy atom. The van der Waals surface area contributed by atoms with Gasteiger partial charge in [0.15, 0.2) is 9.84 Å². The van der Waals surface area contributed by atoms with Crippen LogP contribution in [0.2, 0.25) is 0 Å². The second-order valence-corrected chi connectivity index (χ2v) is 13.1. The molecular formula is C32H44N4O7S. The first-order valence-corrected chi connectivity index (χ1v) is 16.3. The van der Waals surface area contributed by atoms with Crippen molar-refractivity contribution < 1.29 is 32.6 Å². The molecule has 0 spiro atoms. The van der Waals surface area contributed by atoms with Crippen molar-refractivity contribution in [3.63, 3.8) is 0 Å². The molecule has 11 nitrogen and oxygen atoms in total. The number of methoxy groups -OCH3 is 1. The highest BCUT2D eigenvalue weighted by atomic mass is 32.2. The van der Waals surface area contributed by atoms with Crippen LogP contribution in [-0.2, 0) is 37.0 Å². The number of nitrogens with zero attached hydrogens (tertiary/aromatic N) is 1. The highest BCUT2D eigenvalue weighted by molar-refractivity contribution is 7.92. The van der Waals surface area contributed by atoms with Gasteiger partial charge in [0.2, 0.25) is 5.91 Å². The number of nitrogens with one attached hydrogen (secondary N) is 3. The topological polar surface area (TPSA) is 146 Å². The maximum Gasteiger partial charge on any atom is 0.252 e. The Morgan fingerprint density at radius 3 is 2.61 bits per heavy atom. The number of carbonyl (C=O) groups excluding carboxylic acids is 2. The normalized spacial score (nSPS) is 14.6. The number of carbonyl (C=O) groups is 2. The fourth-order valence-electron chi connectivity index (χ4n) is 5.00. The molecule has 4 N–H and O–H groups in total. The number of ether oxygens (including phenoxy) is 2. The van der Waals surface area contributed by atoms with Gasteiger partial charge in [-0.1, -0.05) is 44.2 Å². The molecule has 0 aliphatic carbocycles. The third-order valence-electron chi connectivity index (χ3n) is 7.29. The van der Waals surface area contributed by atoms with Crippen molar-refractivity contribution in [1.29, 1.82) is 0 Å². The Bertz CT molecular complexity index is 1380. The number of hydrogen-bond donors (Lipinski definition) is 4. The van der Waals surface area contributed by atoms with Crippen molar-refractivity contribution in [1.82, 2.24) is 21.1 Å². The van der Waals surface area contributed by atoms with Crippen LogP contribution in [0.1, 0.15) is 37.8 Å². The summed E-state index contributed by atoms with van der Waals surface area (Å²) < 4.78 is 38.0. The number of hydrazine groups is 1. The Kier molecular flexibility index (Phi) is 13.6. The lowest BCUT2D eigenvalue weighted by atomic mass is 9.99. The predicted molar refractivity (Wildman–Crippen MR) is 167 cm³/mol. The van der Waals surface area contributed by atoms with Crippen molar-refractivity contribution >= 4 is 21.7 Å². The molecule has 1 heterocycles. The van der Waals surface area contributed by atoms with Gasteiger partial charge in [-0.3, -0.25) is 20.3 Å². The molecule has 44 heavy (non-hydrogen) atoms. The largest absolute Gasteiger partial charge is 0.493 e. The second kappa shape index (κ2) is 17.1. The number of terminal acetylenes is 1. The van der Waals surface area contributed by atoms with Crippen LogP contribution in [0.5, 0.6) is 5.75 Å². The fourth-order valence-corrected chi connectivity index (χ4v) is 6.89. The molecule has 2 aromatic rings. The highest BCUT2D eigenvalue weighted by Crippen LogP contribution is 2.30. The Labute approximate surface area is 260 Å². The highest BCUT2D eigenvalue weighted by Gasteiger charge is 2.35. The van der Waals surface area contributed by atoms with Gasteiger partial charge in [-0.15, -0.1) is 12.3 Å². The molecule has 1 aliphatic rings. The Morgan fingerprint density at radius 2 is 1.93 bits per heavy atom. The molecule has 3 atom stereocenters. The molecule has 0 radical (unpaired) electrons. The number of fused-ring (bicyclic) bond motifs is 1. The molecule has 240 valence electrons. The van der Waals surface area contributed by atoms with Gasteiger partial charge in [0.05, 0.1) is 36.8 Å². The fraction of sp³-hybridized carbons (Fsp3) is 0.500. The molecule has 12 heteroatoms. The quantitative estimate of drug-likeness (QED) is 0.116. The predicted octanol–water partition coefficient (Wildman–Crippen LogP) is 1.45. The number of sulfone groups is 1. The first kappa shape index (κ1) is 35.0. The molecular weight excluding hydrogens is 584 g/mol. The summed E-state index contributed by atoms with van der Waals surface area (Å²) in [5, 5.41) is 17.7. The lowest BCUT2D eigenvalue weighted by Gasteiger charge is -2.36. The van der Waals surface area contributed by atoms with Crippen LogP contribution < -0.4 is 20.8 Å². The lowest BCUT2D eigenvalue weighted by Crippen LogP contribution is -2.60. The van der Waals surface area contributed by atoms with E-state index in [1.807, 2.05) is 30.3 Å². The molecule has 1 aliphatic heterocycles. The van der Waals surface area contributed by atoms with E-state index in [9.17, 15) is 23.1 Å². The molecule has 0 aromatic heterocycles. The van der Waals surface area contributed by atoms with Gasteiger partial charge in [0.25, 0.3) is 5.91 Å². The molecule has 0 saturated carbocycles. The molecule has 0 saturated heterocycles. The number of rotatable bonds is 17. The minimum Gasteiger partial charge on any atom is -0.493 e. The van der Waals surface area contributed by atoms with Crippen molar-refractivity contribution in [2.24, 2.45) is 5.92 Å². The third-order valence-corrected chi connectivity index (χ3v) is 9.58. The van der Waals surface area contributed by atoms with E-state index in [-0.39, 0.29) is 43.2 Å². The van der Waals surface area contributed by atoms with Crippen LogP contribution in [0.4, 0.5) is 0 Å². The van der Waals surface area contributed by atoms with Crippen molar-refractivity contribution in [3.8, 4) is 18.1 Å². The Hall–Kier alpha value is -3.47. The maximum atomic E-state index is 13.8. The summed E-state index contributed by atoms with van der Waals surface area (Å²) in [7, 11) is -2.30. The zero-order valence-corrected chi connectivity index (χ0v) is 26.4. The van der Waals surface area contributed by atoms with Gasteiger partial charge in [0, 0.05) is 39.5 Å². The molecule has 2 aromatic carbocycles. The van der Waals surface area contributed by atoms with Crippen LogP contribution >= 0.6 is 0 Å². The number of amides is 2. The van der Waals surface area contributed by atoms with Crippen molar-refractivity contribution in [2.75, 3.05) is 40.0 Å². The van der Waals surface area contributed by atoms with E-state index >= 15 is 0 Å². The van der Waals surface area contributed by atoms with Gasteiger partial charge in [-0.25, -0.2) is 13.4 Å². The van der Waals surface area contributed by atoms with Crippen molar-refractivity contribution in [2.45, 2.75) is 61.9 Å². The van der Waals surface area contributed by atoms with Crippen LogP contribution in [0.15, 0.2) is 53.4 Å². The van der Waals surface area contributed by atoms with E-state index in [1.54, 1.807) is 33.1 Å². The van der Waals surface area contributed by atoms with Gasteiger partial charge >= 0.3 is 0 Å². The van der Waals surface area contributed by atoms with Crippen molar-refractivity contribution in [3.05, 3.63) is 59.7 Å². The molecule has 0 bridgehead atoms. The van der Waals surface area contributed by atoms with Gasteiger partial charge in [0.1, 0.15) is 11.1 Å². The lowest BCUT2D eigenvalue weighted by molar-refractivity contribution is -0.147. The summed E-state index contributed by atoms with van der Waals surface area (Å²) in [5.41, 5.74) is 4.30. The van der Waals surface area contributed by atoms with Crippen LogP contribution in [0.3, 0.4) is 0 Å². The standard InChI is InChI=1S/C32H44N4O7S/c1-5-6-12-31(39)36(35-30(38)22-33-16-18-42-4)27(19-24-10-8-7-9-11-24)28(37)21-34-32(23(2)3)44(40,41)26-13-14-29-25(20-26)15-17-43-29/h1,7-11,13-14,20,23,27-28,32-34,37H,6,12,15-19,21-22H2,2-4H3,(H,35,38)/t27-,28+,32?/m0/s1. The number of hydrogen-bond acceptors (Lipinski definition) is 9. The second-order valence-electron chi connectivity index (χ2n) is 11.0. The summed E-state index contributed by atoms with van der Waals surface area (Å²) in [4.78, 5) is 26.4. The first-order chi connectivity index (χ1) is 21.1. The van der Waals surface area contributed by atoms with E-state index in [2.05, 4.69) is 22.0 Å². The molecule has 3 rings (SSSR count). The Balaban J connectivity index is 1.86. The van der Waals surface area contributed by atoms with Gasteiger partial charge in [-0.05, 0) is 41.7 Å². The summed E-state index contributed by atoms with van der Waals surface area (Å²) in [6, 6.07) is 13.1. The van der Waals surface area contributed by atoms with Crippen LogP contribution in [-0.4, -0.2) is 87.8 Å². The zero-order chi connectivity index (χ0) is 32.1. The minimum atomic E-state index is -3.85. The van der Waals surface area contributed by atoms with E-state index in [0.29, 0.717) is 31.9 Å². The summed E-state index contributed by atoms with van der Waals surface area (Å²) in [6.07, 6.45) is 5.05. The van der Waals surface area contributed by atoms with E-state index in [4.69, 9.17) is 15.9 Å². The third kappa shape index (κ3) is 9.77. The molecule has 1 unspecified atom stereocenters. The number of aliphatic hydroxyl groups excluding tert-OH is 1. The smallest absolute Gasteiger partial charge is 0.252 e. The van der Waals surface area contributed by atoms with E-state index in [1.165, 1.54) is 6.07 Å². The first-order valence-electron chi connectivity index (χ1n) is 14.8. The number of benzene rings is 2. The minimum absolute atomic E-state index is 0.0512. The zero-order valence-electron chi connectivity index (χ0n) is 25.6. The summed E-state index contributed by atoms with van der Waals surface area (Å²) >= 11 is 0. The van der Waals surface area contributed by atoms with Gasteiger partial charge in [-0.2, -0.15) is 0 Å². The maximum absolute atomic E-state index is 13.8.